The predicted octanol–water partition coefficient (Wildman–Crippen LogP) is 1.64. The van der Waals surface area contributed by atoms with Crippen molar-refractivity contribution >= 4 is 5.82 Å². The van der Waals surface area contributed by atoms with Crippen molar-refractivity contribution in [3.8, 4) is 0 Å². The standard InChI is InChI=1S/C15H25N3O2/c1-12(2)11-17-9-7-16-14(15(17)20)18-8-4-3-5-13(18)6-10-19/h7,9,12-13,19H,3-6,8,10-11H2,1-2H3. The lowest BCUT2D eigenvalue weighted by Gasteiger charge is -2.36. The maximum absolute atomic E-state index is 12.5. The first-order valence-electron chi connectivity index (χ1n) is 7.56. The van der Waals surface area contributed by atoms with Crippen LogP contribution in [0, 0.1) is 5.92 Å². The van der Waals surface area contributed by atoms with Gasteiger partial charge in [0, 0.05) is 38.1 Å². The van der Waals surface area contributed by atoms with Gasteiger partial charge in [0.05, 0.1) is 0 Å². The highest BCUT2D eigenvalue weighted by molar-refractivity contribution is 5.37. The number of aliphatic hydroxyl groups is 1. The van der Waals surface area contributed by atoms with Crippen molar-refractivity contribution in [2.24, 2.45) is 5.92 Å². The van der Waals surface area contributed by atoms with E-state index in [9.17, 15) is 9.90 Å². The van der Waals surface area contributed by atoms with Crippen molar-refractivity contribution in [2.75, 3.05) is 18.1 Å². The molecule has 20 heavy (non-hydrogen) atoms. The summed E-state index contributed by atoms with van der Waals surface area (Å²) in [7, 11) is 0. The number of piperidine rings is 1. The molecule has 1 saturated heterocycles. The largest absolute Gasteiger partial charge is 0.396 e. The Morgan fingerprint density at radius 1 is 1.45 bits per heavy atom. The molecule has 1 aromatic rings. The summed E-state index contributed by atoms with van der Waals surface area (Å²) in [6, 6.07) is 0.240. The first kappa shape index (κ1) is 15.0. The summed E-state index contributed by atoms with van der Waals surface area (Å²) in [6.45, 7) is 5.93. The van der Waals surface area contributed by atoms with Gasteiger partial charge in [0.1, 0.15) is 0 Å². The third kappa shape index (κ3) is 3.39. The fourth-order valence-electron chi connectivity index (χ4n) is 2.90. The minimum atomic E-state index is -0.00830. The predicted molar refractivity (Wildman–Crippen MR) is 80.0 cm³/mol. The van der Waals surface area contributed by atoms with Gasteiger partial charge >= 0.3 is 0 Å². The summed E-state index contributed by atoms with van der Waals surface area (Å²) >= 11 is 0. The van der Waals surface area contributed by atoms with Gasteiger partial charge < -0.3 is 14.6 Å². The van der Waals surface area contributed by atoms with E-state index in [1.54, 1.807) is 17.0 Å². The molecule has 1 aliphatic heterocycles. The summed E-state index contributed by atoms with van der Waals surface area (Å²) in [5, 5.41) is 9.20. The van der Waals surface area contributed by atoms with Crippen LogP contribution in [0.3, 0.4) is 0 Å². The number of aromatic nitrogens is 2. The van der Waals surface area contributed by atoms with Crippen LogP contribution >= 0.6 is 0 Å². The number of rotatable bonds is 5. The molecule has 0 bridgehead atoms. The molecule has 0 radical (unpaired) electrons. The minimum absolute atomic E-state index is 0.00830. The molecule has 1 atom stereocenters. The lowest BCUT2D eigenvalue weighted by atomic mass is 10.00. The first-order chi connectivity index (χ1) is 9.63. The second-order valence-electron chi connectivity index (χ2n) is 5.96. The molecule has 1 aromatic heterocycles. The number of hydrogen-bond acceptors (Lipinski definition) is 4. The molecule has 0 aromatic carbocycles. The van der Waals surface area contributed by atoms with E-state index >= 15 is 0 Å². The molecular weight excluding hydrogens is 254 g/mol. The molecule has 5 heteroatoms. The Kier molecular flexibility index (Phi) is 5.17. The van der Waals surface area contributed by atoms with Gasteiger partial charge in [-0.2, -0.15) is 0 Å². The van der Waals surface area contributed by atoms with Gasteiger partial charge in [-0.3, -0.25) is 4.79 Å². The maximum atomic E-state index is 12.5. The summed E-state index contributed by atoms with van der Waals surface area (Å²) in [5.74, 6) is 0.976. The molecule has 112 valence electrons. The Morgan fingerprint density at radius 2 is 2.25 bits per heavy atom. The second-order valence-corrected chi connectivity index (χ2v) is 5.96. The Bertz CT molecular complexity index is 482. The van der Waals surface area contributed by atoms with Gasteiger partial charge in [0.25, 0.3) is 5.56 Å². The third-order valence-corrected chi connectivity index (χ3v) is 3.82. The molecule has 0 aliphatic carbocycles. The van der Waals surface area contributed by atoms with Crippen LogP contribution in [0.5, 0.6) is 0 Å². The summed E-state index contributed by atoms with van der Waals surface area (Å²) in [5.41, 5.74) is -0.00830. The monoisotopic (exact) mass is 279 g/mol. The number of nitrogens with zero attached hydrogens (tertiary/aromatic N) is 3. The summed E-state index contributed by atoms with van der Waals surface area (Å²) in [4.78, 5) is 19.0. The molecule has 0 spiro atoms. The van der Waals surface area contributed by atoms with Gasteiger partial charge in [0.2, 0.25) is 0 Å². The zero-order valence-electron chi connectivity index (χ0n) is 12.5. The molecule has 2 rings (SSSR count). The van der Waals surface area contributed by atoms with E-state index in [0.717, 1.165) is 25.8 Å². The van der Waals surface area contributed by atoms with Crippen molar-refractivity contribution in [3.05, 3.63) is 22.7 Å². The number of hydrogen-bond donors (Lipinski definition) is 1. The van der Waals surface area contributed by atoms with E-state index in [1.165, 1.54) is 0 Å². The maximum Gasteiger partial charge on any atom is 0.293 e. The molecule has 0 saturated carbocycles. The van der Waals surface area contributed by atoms with Crippen LogP contribution in [0.15, 0.2) is 17.2 Å². The molecule has 2 heterocycles. The third-order valence-electron chi connectivity index (χ3n) is 3.82. The zero-order chi connectivity index (χ0) is 14.5. The van der Waals surface area contributed by atoms with Crippen molar-refractivity contribution in [1.82, 2.24) is 9.55 Å². The molecule has 1 fully saturated rings. The van der Waals surface area contributed by atoms with Gasteiger partial charge in [-0.05, 0) is 31.6 Å². The quantitative estimate of drug-likeness (QED) is 0.890. The highest BCUT2D eigenvalue weighted by Gasteiger charge is 2.25. The van der Waals surface area contributed by atoms with Crippen LogP contribution in [0.25, 0.3) is 0 Å². The minimum Gasteiger partial charge on any atom is -0.396 e. The summed E-state index contributed by atoms with van der Waals surface area (Å²) in [6.07, 6.45) is 7.46. The molecule has 0 amide bonds. The molecule has 1 N–H and O–H groups in total. The smallest absolute Gasteiger partial charge is 0.293 e. The van der Waals surface area contributed by atoms with E-state index in [-0.39, 0.29) is 18.2 Å². The van der Waals surface area contributed by atoms with Gasteiger partial charge in [0.15, 0.2) is 5.82 Å². The van der Waals surface area contributed by atoms with Crippen LogP contribution in [0.2, 0.25) is 0 Å². The SMILES string of the molecule is CC(C)Cn1ccnc(N2CCCCC2CCO)c1=O. The zero-order valence-corrected chi connectivity index (χ0v) is 12.5. The fourth-order valence-corrected chi connectivity index (χ4v) is 2.90. The van der Waals surface area contributed by atoms with E-state index in [0.29, 0.717) is 24.7 Å². The van der Waals surface area contributed by atoms with Crippen molar-refractivity contribution in [2.45, 2.75) is 52.1 Å². The Labute approximate surface area is 120 Å². The van der Waals surface area contributed by atoms with Crippen LogP contribution in [0.4, 0.5) is 5.82 Å². The molecular formula is C15H25N3O2. The van der Waals surface area contributed by atoms with E-state index in [2.05, 4.69) is 23.7 Å². The Morgan fingerprint density at radius 3 is 2.95 bits per heavy atom. The first-order valence-corrected chi connectivity index (χ1v) is 7.56. The molecule has 1 unspecified atom stereocenters. The summed E-state index contributed by atoms with van der Waals surface area (Å²) < 4.78 is 1.75. The van der Waals surface area contributed by atoms with Gasteiger partial charge in [-0.25, -0.2) is 4.98 Å². The average molecular weight is 279 g/mol. The van der Waals surface area contributed by atoms with E-state index in [1.807, 2.05) is 0 Å². The average Bonchev–Trinajstić information content (AvgIpc) is 2.42. The lowest BCUT2D eigenvalue weighted by Crippen LogP contribution is -2.44. The van der Waals surface area contributed by atoms with E-state index < -0.39 is 0 Å². The van der Waals surface area contributed by atoms with Crippen molar-refractivity contribution < 1.29 is 5.11 Å². The Balaban J connectivity index is 2.28. The number of aliphatic hydroxyl groups excluding tert-OH is 1. The van der Waals surface area contributed by atoms with Crippen molar-refractivity contribution in [1.29, 1.82) is 0 Å². The topological polar surface area (TPSA) is 58.4 Å². The molecule has 1 aliphatic rings. The fraction of sp³-hybridized carbons (Fsp3) is 0.733. The lowest BCUT2D eigenvalue weighted by molar-refractivity contribution is 0.262. The van der Waals surface area contributed by atoms with Crippen LogP contribution in [-0.4, -0.2) is 33.9 Å². The van der Waals surface area contributed by atoms with E-state index in [4.69, 9.17) is 0 Å². The molecule has 5 nitrogen and oxygen atoms in total. The van der Waals surface area contributed by atoms with Crippen LogP contribution in [0.1, 0.15) is 39.5 Å². The second kappa shape index (κ2) is 6.88. The van der Waals surface area contributed by atoms with Crippen LogP contribution < -0.4 is 10.5 Å². The van der Waals surface area contributed by atoms with Gasteiger partial charge in [-0.15, -0.1) is 0 Å². The highest BCUT2D eigenvalue weighted by atomic mass is 16.3. The highest BCUT2D eigenvalue weighted by Crippen LogP contribution is 2.22. The van der Waals surface area contributed by atoms with Gasteiger partial charge in [-0.1, -0.05) is 13.8 Å². The number of anilines is 1. The van der Waals surface area contributed by atoms with Crippen LogP contribution in [-0.2, 0) is 6.54 Å². The van der Waals surface area contributed by atoms with Crippen molar-refractivity contribution in [3.63, 3.8) is 0 Å². The Hall–Kier alpha value is -1.36. The normalized spacial score (nSPS) is 19.6.